The average molecular weight is 349 g/mol. The van der Waals surface area contributed by atoms with E-state index in [-0.39, 0.29) is 23.8 Å². The molecule has 0 aliphatic carbocycles. The fraction of sp³-hybridized carbons (Fsp3) is 0.444. The van der Waals surface area contributed by atoms with Crippen LogP contribution in [-0.4, -0.2) is 22.3 Å². The summed E-state index contributed by atoms with van der Waals surface area (Å²) < 4.78 is 34.5. The molecule has 1 aliphatic rings. The van der Waals surface area contributed by atoms with Crippen LogP contribution in [0.5, 0.6) is 5.75 Å². The number of hydrogen-bond donors (Lipinski definition) is 1. The fourth-order valence-electron chi connectivity index (χ4n) is 3.10. The zero-order valence-electron chi connectivity index (χ0n) is 14.5. The number of benzene rings is 1. The van der Waals surface area contributed by atoms with Crippen LogP contribution < -0.4 is 10.1 Å². The zero-order chi connectivity index (χ0) is 18.1. The Morgan fingerprint density at radius 1 is 1.44 bits per heavy atom. The minimum absolute atomic E-state index is 0.0725. The van der Waals surface area contributed by atoms with Crippen LogP contribution in [0, 0.1) is 17.6 Å². The van der Waals surface area contributed by atoms with Gasteiger partial charge in [0.1, 0.15) is 24.0 Å². The number of amides is 1. The van der Waals surface area contributed by atoms with E-state index in [0.717, 1.165) is 24.4 Å². The number of ether oxygens (including phenoxy) is 1. The summed E-state index contributed by atoms with van der Waals surface area (Å²) in [5.41, 5.74) is 1.49. The van der Waals surface area contributed by atoms with Gasteiger partial charge in [-0.3, -0.25) is 9.48 Å². The van der Waals surface area contributed by atoms with Gasteiger partial charge in [0.05, 0.1) is 29.1 Å². The van der Waals surface area contributed by atoms with Gasteiger partial charge in [-0.25, -0.2) is 8.78 Å². The summed E-state index contributed by atoms with van der Waals surface area (Å²) in [5, 5.41) is 7.07. The maximum absolute atomic E-state index is 14.1. The third-order valence-electron chi connectivity index (χ3n) is 4.18. The number of halogens is 2. The Morgan fingerprint density at radius 2 is 2.20 bits per heavy atom. The van der Waals surface area contributed by atoms with E-state index < -0.39 is 17.7 Å². The molecule has 0 unspecified atom stereocenters. The molecule has 1 aromatic carbocycles. The molecule has 0 radical (unpaired) electrons. The highest BCUT2D eigenvalue weighted by Gasteiger charge is 2.31. The summed E-state index contributed by atoms with van der Waals surface area (Å²) in [6, 6.07) is 1.27. The van der Waals surface area contributed by atoms with Gasteiger partial charge in [0.15, 0.2) is 0 Å². The van der Waals surface area contributed by atoms with Crippen molar-refractivity contribution in [1.82, 2.24) is 15.1 Å². The highest BCUT2D eigenvalue weighted by atomic mass is 19.1. The van der Waals surface area contributed by atoms with Crippen molar-refractivity contribution in [3.63, 3.8) is 0 Å². The zero-order valence-corrected chi connectivity index (χ0v) is 14.5. The molecule has 1 aliphatic heterocycles. The van der Waals surface area contributed by atoms with E-state index in [0.29, 0.717) is 17.9 Å². The Kier molecular flexibility index (Phi) is 4.74. The average Bonchev–Trinajstić information content (AvgIpc) is 3.10. The lowest BCUT2D eigenvalue weighted by Gasteiger charge is -2.13. The molecule has 3 rings (SSSR count). The standard InChI is InChI=1S/C18H21F2N3O2/c1-4-15-12(7-21-23(15)8-10(2)3)18(24)22-14-9-25-16-6-11(19)5-13(20)17(14)16/h5-7,10,14H,4,8-9H2,1-3H3,(H,22,24)/t14-/m1/s1. The molecular formula is C18H21F2N3O2. The van der Waals surface area contributed by atoms with E-state index >= 15 is 0 Å². The molecule has 25 heavy (non-hydrogen) atoms. The number of rotatable bonds is 5. The molecule has 0 saturated carbocycles. The summed E-state index contributed by atoms with van der Waals surface area (Å²) >= 11 is 0. The van der Waals surface area contributed by atoms with Crippen LogP contribution in [0.2, 0.25) is 0 Å². The van der Waals surface area contributed by atoms with Gasteiger partial charge < -0.3 is 10.1 Å². The Morgan fingerprint density at radius 3 is 2.88 bits per heavy atom. The van der Waals surface area contributed by atoms with Crippen LogP contribution in [0.4, 0.5) is 8.78 Å². The highest BCUT2D eigenvalue weighted by Crippen LogP contribution is 2.35. The first-order valence-electron chi connectivity index (χ1n) is 8.38. The number of nitrogens with zero attached hydrogens (tertiary/aromatic N) is 2. The van der Waals surface area contributed by atoms with Gasteiger partial charge in [-0.1, -0.05) is 20.8 Å². The van der Waals surface area contributed by atoms with Gasteiger partial charge in [0.2, 0.25) is 0 Å². The molecule has 1 aromatic heterocycles. The molecule has 0 spiro atoms. The quantitative estimate of drug-likeness (QED) is 0.902. The van der Waals surface area contributed by atoms with Crippen molar-refractivity contribution in [3.05, 3.63) is 46.8 Å². The highest BCUT2D eigenvalue weighted by molar-refractivity contribution is 5.95. The van der Waals surface area contributed by atoms with Gasteiger partial charge >= 0.3 is 0 Å². The molecule has 2 heterocycles. The molecule has 5 nitrogen and oxygen atoms in total. The second-order valence-electron chi connectivity index (χ2n) is 6.57. The Bertz CT molecular complexity index is 802. The van der Waals surface area contributed by atoms with Crippen molar-refractivity contribution in [2.75, 3.05) is 6.61 Å². The van der Waals surface area contributed by atoms with Crippen molar-refractivity contribution in [2.24, 2.45) is 5.92 Å². The molecule has 0 bridgehead atoms. The molecule has 1 N–H and O–H groups in total. The third-order valence-corrected chi connectivity index (χ3v) is 4.18. The number of fused-ring (bicyclic) bond motifs is 1. The summed E-state index contributed by atoms with van der Waals surface area (Å²) in [5.74, 6) is -1.22. The third kappa shape index (κ3) is 3.36. The minimum Gasteiger partial charge on any atom is -0.490 e. The second-order valence-corrected chi connectivity index (χ2v) is 6.57. The molecular weight excluding hydrogens is 328 g/mol. The largest absolute Gasteiger partial charge is 0.490 e. The second kappa shape index (κ2) is 6.82. The maximum atomic E-state index is 14.1. The van der Waals surface area contributed by atoms with Crippen LogP contribution in [0.15, 0.2) is 18.3 Å². The van der Waals surface area contributed by atoms with Crippen molar-refractivity contribution in [1.29, 1.82) is 0 Å². The summed E-state index contributed by atoms with van der Waals surface area (Å²) in [7, 11) is 0. The first kappa shape index (κ1) is 17.4. The lowest BCUT2D eigenvalue weighted by molar-refractivity contribution is 0.0928. The predicted octanol–water partition coefficient (Wildman–Crippen LogP) is 3.24. The summed E-state index contributed by atoms with van der Waals surface area (Å²) in [6.07, 6.45) is 2.20. The number of hydrogen-bond acceptors (Lipinski definition) is 3. The predicted molar refractivity (Wildman–Crippen MR) is 88.5 cm³/mol. The first-order chi connectivity index (χ1) is 11.9. The van der Waals surface area contributed by atoms with Crippen molar-refractivity contribution in [3.8, 4) is 5.75 Å². The number of nitrogens with one attached hydrogen (secondary N) is 1. The van der Waals surface area contributed by atoms with Crippen molar-refractivity contribution < 1.29 is 18.3 Å². The minimum atomic E-state index is -0.719. The van der Waals surface area contributed by atoms with E-state index in [1.54, 1.807) is 0 Å². The molecule has 2 aromatic rings. The van der Waals surface area contributed by atoms with E-state index in [2.05, 4.69) is 24.3 Å². The van der Waals surface area contributed by atoms with Gasteiger partial charge in [-0.2, -0.15) is 5.10 Å². The number of aromatic nitrogens is 2. The number of carbonyl (C=O) groups is 1. The smallest absolute Gasteiger partial charge is 0.255 e. The van der Waals surface area contributed by atoms with Gasteiger partial charge in [0, 0.05) is 18.7 Å². The molecule has 7 heteroatoms. The monoisotopic (exact) mass is 349 g/mol. The normalized spacial score (nSPS) is 16.0. The molecule has 1 amide bonds. The van der Waals surface area contributed by atoms with E-state index in [1.807, 2.05) is 11.6 Å². The molecule has 0 fully saturated rings. The fourth-order valence-corrected chi connectivity index (χ4v) is 3.10. The summed E-state index contributed by atoms with van der Waals surface area (Å²) in [4.78, 5) is 12.7. The maximum Gasteiger partial charge on any atom is 0.255 e. The van der Waals surface area contributed by atoms with Crippen molar-refractivity contribution >= 4 is 5.91 Å². The lowest BCUT2D eigenvalue weighted by Crippen LogP contribution is -2.30. The van der Waals surface area contributed by atoms with E-state index in [4.69, 9.17) is 4.74 Å². The SMILES string of the molecule is CCc1c(C(=O)N[C@@H]2COc3cc(F)cc(F)c32)cnn1CC(C)C. The molecule has 1 atom stereocenters. The number of carbonyl (C=O) groups excluding carboxylic acids is 1. The molecule has 134 valence electrons. The van der Waals surface area contributed by atoms with Gasteiger partial charge in [-0.15, -0.1) is 0 Å². The Labute approximate surface area is 145 Å². The van der Waals surface area contributed by atoms with Crippen LogP contribution in [0.25, 0.3) is 0 Å². The van der Waals surface area contributed by atoms with E-state index in [9.17, 15) is 13.6 Å². The first-order valence-corrected chi connectivity index (χ1v) is 8.38. The Balaban J connectivity index is 1.82. The Hall–Kier alpha value is -2.44. The lowest BCUT2D eigenvalue weighted by atomic mass is 10.1. The van der Waals surface area contributed by atoms with Crippen LogP contribution in [-0.2, 0) is 13.0 Å². The topological polar surface area (TPSA) is 56.1 Å². The van der Waals surface area contributed by atoms with Gasteiger partial charge in [0.25, 0.3) is 5.91 Å². The van der Waals surface area contributed by atoms with Crippen molar-refractivity contribution in [2.45, 2.75) is 39.8 Å². The summed E-state index contributed by atoms with van der Waals surface area (Å²) in [6.45, 7) is 6.91. The van der Waals surface area contributed by atoms with E-state index in [1.165, 1.54) is 6.20 Å². The molecule has 0 saturated heterocycles. The van der Waals surface area contributed by atoms with Crippen LogP contribution >= 0.6 is 0 Å². The van der Waals surface area contributed by atoms with Crippen LogP contribution in [0.3, 0.4) is 0 Å². The van der Waals surface area contributed by atoms with Crippen LogP contribution in [0.1, 0.15) is 48.4 Å². The van der Waals surface area contributed by atoms with Gasteiger partial charge in [-0.05, 0) is 12.3 Å².